The van der Waals surface area contributed by atoms with Gasteiger partial charge in [-0.2, -0.15) is 0 Å². The molecular formula is C44H88N2O6P+. The van der Waals surface area contributed by atoms with Gasteiger partial charge in [0.05, 0.1) is 39.9 Å². The van der Waals surface area contributed by atoms with Gasteiger partial charge in [0.2, 0.25) is 5.91 Å². The Balaban J connectivity index is 4.21. The molecule has 0 aromatic heterocycles. The SMILES string of the molecule is CCCCC/C=C/CC/C=C/C(O)C(COP(=O)(O)OCC[N+](C)(C)C)NC(=O)CCCCCCCCCCCCCCCCCCCCCCCC. The topological polar surface area (TPSA) is 105 Å². The lowest BCUT2D eigenvalue weighted by molar-refractivity contribution is -0.870. The highest BCUT2D eigenvalue weighted by molar-refractivity contribution is 7.47. The van der Waals surface area contributed by atoms with Crippen LogP contribution in [0, 0.1) is 0 Å². The molecule has 0 heterocycles. The minimum Gasteiger partial charge on any atom is -0.387 e. The highest BCUT2D eigenvalue weighted by atomic mass is 31.2. The maximum absolute atomic E-state index is 12.8. The number of aliphatic hydroxyl groups excluding tert-OH is 1. The molecule has 0 saturated carbocycles. The van der Waals surface area contributed by atoms with Crippen molar-refractivity contribution in [2.45, 2.75) is 212 Å². The first-order valence-corrected chi connectivity index (χ1v) is 23.7. The third kappa shape index (κ3) is 39.0. The van der Waals surface area contributed by atoms with Crippen molar-refractivity contribution in [3.63, 3.8) is 0 Å². The van der Waals surface area contributed by atoms with E-state index in [1.807, 2.05) is 27.2 Å². The summed E-state index contributed by atoms with van der Waals surface area (Å²) in [6, 6.07) is -0.856. The molecule has 3 N–H and O–H groups in total. The maximum Gasteiger partial charge on any atom is 0.472 e. The number of allylic oxidation sites excluding steroid dienone is 3. The monoisotopic (exact) mass is 772 g/mol. The average molecular weight is 772 g/mol. The van der Waals surface area contributed by atoms with E-state index in [9.17, 15) is 19.4 Å². The fourth-order valence-corrected chi connectivity index (χ4v) is 7.09. The van der Waals surface area contributed by atoms with Gasteiger partial charge in [0, 0.05) is 6.42 Å². The minimum atomic E-state index is -4.33. The molecule has 0 radical (unpaired) electrons. The van der Waals surface area contributed by atoms with Gasteiger partial charge < -0.3 is 19.8 Å². The van der Waals surface area contributed by atoms with Crippen molar-refractivity contribution in [3.05, 3.63) is 24.3 Å². The molecule has 3 atom stereocenters. The zero-order valence-corrected chi connectivity index (χ0v) is 36.4. The predicted molar refractivity (Wildman–Crippen MR) is 226 cm³/mol. The molecule has 0 bridgehead atoms. The Morgan fingerprint density at radius 2 is 1.04 bits per heavy atom. The summed E-state index contributed by atoms with van der Waals surface area (Å²) in [4.78, 5) is 23.0. The largest absolute Gasteiger partial charge is 0.472 e. The van der Waals surface area contributed by atoms with Gasteiger partial charge in [-0.3, -0.25) is 13.8 Å². The van der Waals surface area contributed by atoms with Crippen molar-refractivity contribution in [1.82, 2.24) is 5.32 Å². The Bertz CT molecular complexity index is 922. The van der Waals surface area contributed by atoms with Crippen molar-refractivity contribution in [2.75, 3.05) is 40.9 Å². The van der Waals surface area contributed by atoms with E-state index in [1.165, 1.54) is 141 Å². The zero-order chi connectivity index (χ0) is 39.3. The molecule has 9 heteroatoms. The number of carbonyl (C=O) groups excluding carboxylic acids is 1. The highest BCUT2D eigenvalue weighted by Crippen LogP contribution is 2.43. The molecule has 0 aromatic carbocycles. The second kappa shape index (κ2) is 36.6. The quantitative estimate of drug-likeness (QED) is 0.0248. The molecule has 0 aliphatic heterocycles. The van der Waals surface area contributed by atoms with Crippen molar-refractivity contribution in [2.24, 2.45) is 0 Å². The first-order valence-electron chi connectivity index (χ1n) is 22.2. The third-order valence-corrected chi connectivity index (χ3v) is 10.9. The summed E-state index contributed by atoms with van der Waals surface area (Å²) in [5, 5.41) is 13.7. The number of likely N-dealkylation sites (N-methyl/N-ethyl adjacent to an activating group) is 1. The minimum absolute atomic E-state index is 0.0578. The Labute approximate surface area is 328 Å². The number of nitrogens with zero attached hydrogens (tertiary/aromatic N) is 1. The van der Waals surface area contributed by atoms with Crippen LogP contribution >= 0.6 is 7.82 Å². The van der Waals surface area contributed by atoms with Crippen LogP contribution in [0.3, 0.4) is 0 Å². The van der Waals surface area contributed by atoms with Gasteiger partial charge >= 0.3 is 7.82 Å². The fourth-order valence-electron chi connectivity index (χ4n) is 6.35. The van der Waals surface area contributed by atoms with E-state index < -0.39 is 20.0 Å². The summed E-state index contributed by atoms with van der Waals surface area (Å²) >= 11 is 0. The van der Waals surface area contributed by atoms with Crippen molar-refractivity contribution in [1.29, 1.82) is 0 Å². The lowest BCUT2D eigenvalue weighted by atomic mass is 10.0. The van der Waals surface area contributed by atoms with Crippen LogP contribution in [-0.4, -0.2) is 73.4 Å². The number of aliphatic hydroxyl groups is 1. The molecule has 0 aliphatic rings. The standard InChI is InChI=1S/C44H87N2O6P/c1-6-8-10-12-14-16-17-18-19-20-21-22-23-24-25-26-27-28-30-32-34-36-38-44(48)45-42(41-52-53(49,50)51-40-39-46(3,4)5)43(47)37-35-33-31-29-15-13-11-9-7-2/h15,29,35,37,42-43,47H,6-14,16-28,30-34,36,38-41H2,1-5H3,(H-,45,48,49,50)/p+1/b29-15+,37-35+. The van der Waals surface area contributed by atoms with E-state index >= 15 is 0 Å². The van der Waals surface area contributed by atoms with Crippen molar-refractivity contribution >= 4 is 13.7 Å². The van der Waals surface area contributed by atoms with E-state index in [4.69, 9.17) is 9.05 Å². The number of quaternary nitrogens is 1. The number of hydrogen-bond donors (Lipinski definition) is 3. The Hall–Kier alpha value is -1.02. The molecule has 3 unspecified atom stereocenters. The summed E-state index contributed by atoms with van der Waals surface area (Å²) in [7, 11) is 1.56. The van der Waals surface area contributed by atoms with Crippen LogP contribution in [0.1, 0.15) is 200 Å². The van der Waals surface area contributed by atoms with E-state index in [0.29, 0.717) is 17.4 Å². The van der Waals surface area contributed by atoms with Crippen molar-refractivity contribution < 1.29 is 32.9 Å². The lowest BCUT2D eigenvalue weighted by Gasteiger charge is -2.25. The summed E-state index contributed by atoms with van der Waals surface area (Å²) in [5.74, 6) is -0.187. The Morgan fingerprint density at radius 3 is 1.51 bits per heavy atom. The highest BCUT2D eigenvalue weighted by Gasteiger charge is 2.27. The molecule has 53 heavy (non-hydrogen) atoms. The summed E-state index contributed by atoms with van der Waals surface area (Å²) in [6.07, 6.45) is 42.7. The summed E-state index contributed by atoms with van der Waals surface area (Å²) in [6.45, 7) is 4.75. The second-order valence-corrected chi connectivity index (χ2v) is 17.9. The lowest BCUT2D eigenvalue weighted by Crippen LogP contribution is -2.45. The molecule has 0 fully saturated rings. The van der Waals surface area contributed by atoms with Crippen LogP contribution in [0.25, 0.3) is 0 Å². The number of nitrogens with one attached hydrogen (secondary N) is 1. The molecule has 0 saturated heterocycles. The third-order valence-electron chi connectivity index (χ3n) is 9.92. The van der Waals surface area contributed by atoms with E-state index in [2.05, 4.69) is 31.3 Å². The van der Waals surface area contributed by atoms with Crippen LogP contribution in [0.15, 0.2) is 24.3 Å². The van der Waals surface area contributed by atoms with Gasteiger partial charge in [0.1, 0.15) is 13.2 Å². The average Bonchev–Trinajstić information content (AvgIpc) is 3.10. The number of carbonyl (C=O) groups is 1. The van der Waals surface area contributed by atoms with Gasteiger partial charge in [0.15, 0.2) is 0 Å². The molecule has 8 nitrogen and oxygen atoms in total. The van der Waals surface area contributed by atoms with Crippen LogP contribution in [0.2, 0.25) is 0 Å². The number of phosphoric acid groups is 1. The molecule has 0 aromatic rings. The first kappa shape index (κ1) is 52.0. The molecule has 314 valence electrons. The van der Waals surface area contributed by atoms with Crippen molar-refractivity contribution in [3.8, 4) is 0 Å². The maximum atomic E-state index is 12.8. The molecular weight excluding hydrogens is 683 g/mol. The van der Waals surface area contributed by atoms with Crippen LogP contribution in [0.5, 0.6) is 0 Å². The normalized spacial score (nSPS) is 14.6. The van der Waals surface area contributed by atoms with Gasteiger partial charge in [-0.05, 0) is 32.1 Å². The number of rotatable bonds is 40. The fraction of sp³-hybridized carbons (Fsp3) is 0.886. The van der Waals surface area contributed by atoms with Crippen LogP contribution in [0.4, 0.5) is 0 Å². The van der Waals surface area contributed by atoms with Gasteiger partial charge in [-0.25, -0.2) is 4.57 Å². The van der Waals surface area contributed by atoms with E-state index in [1.54, 1.807) is 6.08 Å². The number of hydrogen-bond acceptors (Lipinski definition) is 5. The first-order chi connectivity index (χ1) is 25.5. The predicted octanol–water partition coefficient (Wildman–Crippen LogP) is 12.1. The van der Waals surface area contributed by atoms with Gasteiger partial charge in [-0.1, -0.05) is 186 Å². The van der Waals surface area contributed by atoms with E-state index in [0.717, 1.165) is 38.5 Å². The zero-order valence-electron chi connectivity index (χ0n) is 35.5. The van der Waals surface area contributed by atoms with Crippen LogP contribution < -0.4 is 5.32 Å². The Morgan fingerprint density at radius 1 is 0.623 bits per heavy atom. The molecule has 0 aliphatic carbocycles. The summed E-state index contributed by atoms with van der Waals surface area (Å²) in [5.41, 5.74) is 0. The molecule has 1 amide bonds. The van der Waals surface area contributed by atoms with Gasteiger partial charge in [0.25, 0.3) is 0 Å². The van der Waals surface area contributed by atoms with E-state index in [-0.39, 0.29) is 19.1 Å². The van der Waals surface area contributed by atoms with Crippen LogP contribution in [-0.2, 0) is 18.4 Å². The molecule has 0 rings (SSSR count). The second-order valence-electron chi connectivity index (χ2n) is 16.4. The number of phosphoric ester groups is 1. The Kier molecular flexibility index (Phi) is 35.9. The summed E-state index contributed by atoms with van der Waals surface area (Å²) < 4.78 is 23.4. The number of unbranched alkanes of at least 4 members (excludes halogenated alkanes) is 25. The molecule has 0 spiro atoms. The smallest absolute Gasteiger partial charge is 0.387 e. The van der Waals surface area contributed by atoms with Gasteiger partial charge in [-0.15, -0.1) is 0 Å². The number of amides is 1.